The van der Waals surface area contributed by atoms with E-state index < -0.39 is 6.04 Å². The molecule has 0 saturated heterocycles. The van der Waals surface area contributed by atoms with E-state index in [9.17, 15) is 9.90 Å². The van der Waals surface area contributed by atoms with E-state index in [0.717, 1.165) is 5.56 Å². The van der Waals surface area contributed by atoms with Crippen molar-refractivity contribution in [2.75, 3.05) is 6.61 Å². The highest BCUT2D eigenvalue weighted by Gasteiger charge is 2.17. The van der Waals surface area contributed by atoms with Gasteiger partial charge in [0, 0.05) is 0 Å². The average Bonchev–Trinajstić information content (AvgIpc) is 2.48. The van der Waals surface area contributed by atoms with Crippen LogP contribution in [0, 0.1) is 13.8 Å². The molecule has 0 radical (unpaired) electrons. The summed E-state index contributed by atoms with van der Waals surface area (Å²) >= 11 is 0. The predicted molar refractivity (Wildman–Crippen MR) is 75.2 cm³/mol. The molecule has 0 aliphatic carbocycles. The molecule has 0 aliphatic rings. The molecule has 1 atom stereocenters. The quantitative estimate of drug-likeness (QED) is 0.885. The first-order chi connectivity index (χ1) is 9.61. The number of hydrogen-bond acceptors (Lipinski definition) is 4. The molecule has 2 N–H and O–H groups in total. The van der Waals surface area contributed by atoms with Crippen LogP contribution in [0.25, 0.3) is 0 Å². The van der Waals surface area contributed by atoms with Crippen molar-refractivity contribution in [2.24, 2.45) is 0 Å². The number of hydrogen-bond donors (Lipinski definition) is 2. The van der Waals surface area contributed by atoms with Gasteiger partial charge in [0.2, 0.25) is 0 Å². The van der Waals surface area contributed by atoms with Crippen LogP contribution in [0.1, 0.15) is 33.4 Å². The number of aryl methyl sites for hydroxylation is 2. The normalized spacial score (nSPS) is 11.9. The maximum Gasteiger partial charge on any atom is 0.253 e. The molecular weight excluding hydrogens is 254 g/mol. The Morgan fingerprint density at radius 2 is 1.95 bits per heavy atom. The van der Waals surface area contributed by atoms with Gasteiger partial charge in [0.05, 0.1) is 29.6 Å². The lowest BCUT2D eigenvalue weighted by Gasteiger charge is -2.17. The van der Waals surface area contributed by atoms with Gasteiger partial charge in [-0.1, -0.05) is 30.3 Å². The first-order valence-electron chi connectivity index (χ1n) is 6.39. The molecule has 0 spiro atoms. The molecule has 5 nitrogen and oxygen atoms in total. The molecule has 5 heteroatoms. The molecule has 104 valence electrons. The lowest BCUT2D eigenvalue weighted by Crippen LogP contribution is -2.31. The molecule has 1 heterocycles. The Balaban J connectivity index is 2.20. The average molecular weight is 271 g/mol. The summed E-state index contributed by atoms with van der Waals surface area (Å²) in [5.41, 5.74) is 2.59. The molecule has 0 fully saturated rings. The first kappa shape index (κ1) is 14.1. The van der Waals surface area contributed by atoms with Gasteiger partial charge < -0.3 is 10.4 Å². The number of nitrogens with one attached hydrogen (secondary N) is 1. The molecule has 1 amide bonds. The fourth-order valence-electron chi connectivity index (χ4n) is 1.94. The van der Waals surface area contributed by atoms with Gasteiger partial charge in [0.15, 0.2) is 0 Å². The second kappa shape index (κ2) is 6.25. The number of aliphatic hydroxyl groups excluding tert-OH is 1. The summed E-state index contributed by atoms with van der Waals surface area (Å²) in [4.78, 5) is 12.3. The van der Waals surface area contributed by atoms with Crippen LogP contribution in [0.2, 0.25) is 0 Å². The van der Waals surface area contributed by atoms with Crippen LogP contribution in [0.5, 0.6) is 0 Å². The molecule has 0 saturated carbocycles. The monoisotopic (exact) mass is 271 g/mol. The van der Waals surface area contributed by atoms with E-state index in [1.165, 1.54) is 0 Å². The zero-order chi connectivity index (χ0) is 14.5. The van der Waals surface area contributed by atoms with E-state index in [2.05, 4.69) is 15.5 Å². The largest absolute Gasteiger partial charge is 0.394 e. The third-order valence-electron chi connectivity index (χ3n) is 3.04. The minimum absolute atomic E-state index is 0.160. The van der Waals surface area contributed by atoms with Crippen LogP contribution in [-0.4, -0.2) is 27.8 Å². The summed E-state index contributed by atoms with van der Waals surface area (Å²) < 4.78 is 0. The van der Waals surface area contributed by atoms with Crippen molar-refractivity contribution >= 4 is 5.91 Å². The molecule has 0 bridgehead atoms. The fraction of sp³-hybridized carbons (Fsp3) is 0.267. The highest BCUT2D eigenvalue weighted by Crippen LogP contribution is 2.13. The van der Waals surface area contributed by atoms with Crippen LogP contribution >= 0.6 is 0 Å². The van der Waals surface area contributed by atoms with Crippen molar-refractivity contribution in [2.45, 2.75) is 19.9 Å². The van der Waals surface area contributed by atoms with Gasteiger partial charge in [-0.25, -0.2) is 0 Å². The van der Waals surface area contributed by atoms with Crippen LogP contribution in [0.3, 0.4) is 0 Å². The third kappa shape index (κ3) is 3.19. The smallest absolute Gasteiger partial charge is 0.253 e. The Labute approximate surface area is 117 Å². The molecule has 1 aromatic carbocycles. The molecule has 2 aromatic rings. The lowest BCUT2D eigenvalue weighted by atomic mass is 10.1. The van der Waals surface area contributed by atoms with Gasteiger partial charge >= 0.3 is 0 Å². The van der Waals surface area contributed by atoms with E-state index in [1.807, 2.05) is 30.3 Å². The van der Waals surface area contributed by atoms with E-state index in [4.69, 9.17) is 0 Å². The SMILES string of the molecule is Cc1cc(C(=O)NC(CO)c2ccccc2)c(C)nn1. The number of aromatic nitrogens is 2. The zero-order valence-electron chi connectivity index (χ0n) is 11.5. The van der Waals surface area contributed by atoms with Crippen LogP contribution in [0.15, 0.2) is 36.4 Å². The Kier molecular flexibility index (Phi) is 4.42. The molecule has 0 aliphatic heterocycles. The van der Waals surface area contributed by atoms with E-state index in [-0.39, 0.29) is 12.5 Å². The fourth-order valence-corrected chi connectivity index (χ4v) is 1.94. The number of carbonyl (C=O) groups excluding carboxylic acids is 1. The number of benzene rings is 1. The Hall–Kier alpha value is -2.27. The summed E-state index contributed by atoms with van der Waals surface area (Å²) in [5, 5.41) is 20.1. The minimum Gasteiger partial charge on any atom is -0.394 e. The number of amides is 1. The van der Waals surface area contributed by atoms with Crippen LogP contribution < -0.4 is 5.32 Å². The minimum atomic E-state index is -0.434. The summed E-state index contributed by atoms with van der Waals surface area (Å²) in [5.74, 6) is -0.261. The van der Waals surface area contributed by atoms with Crippen LogP contribution in [0.4, 0.5) is 0 Å². The standard InChI is InChI=1S/C15H17N3O2/c1-10-8-13(11(2)18-17-10)15(20)16-14(9-19)12-6-4-3-5-7-12/h3-8,14,19H,9H2,1-2H3,(H,16,20). The summed E-state index contributed by atoms with van der Waals surface area (Å²) in [6, 6.07) is 10.6. The maximum atomic E-state index is 12.3. The topological polar surface area (TPSA) is 75.1 Å². The van der Waals surface area contributed by atoms with Gasteiger partial charge in [-0.3, -0.25) is 4.79 Å². The Morgan fingerprint density at radius 1 is 1.25 bits per heavy atom. The van der Waals surface area contributed by atoms with Crippen molar-refractivity contribution in [1.82, 2.24) is 15.5 Å². The molecule has 1 aromatic heterocycles. The van der Waals surface area contributed by atoms with Crippen molar-refractivity contribution in [3.05, 3.63) is 58.9 Å². The van der Waals surface area contributed by atoms with E-state index in [1.54, 1.807) is 19.9 Å². The maximum absolute atomic E-state index is 12.3. The van der Waals surface area contributed by atoms with Crippen molar-refractivity contribution < 1.29 is 9.90 Å². The number of nitrogens with zero attached hydrogens (tertiary/aromatic N) is 2. The molecular formula is C15H17N3O2. The highest BCUT2D eigenvalue weighted by atomic mass is 16.3. The number of carbonyl (C=O) groups is 1. The number of rotatable bonds is 4. The highest BCUT2D eigenvalue weighted by molar-refractivity contribution is 5.95. The first-order valence-corrected chi connectivity index (χ1v) is 6.39. The second-order valence-corrected chi connectivity index (χ2v) is 4.60. The second-order valence-electron chi connectivity index (χ2n) is 4.60. The molecule has 20 heavy (non-hydrogen) atoms. The van der Waals surface area contributed by atoms with Gasteiger partial charge in [0.1, 0.15) is 0 Å². The van der Waals surface area contributed by atoms with Gasteiger partial charge in [-0.15, -0.1) is 0 Å². The summed E-state index contributed by atoms with van der Waals surface area (Å²) in [6.45, 7) is 3.36. The number of aliphatic hydroxyl groups is 1. The van der Waals surface area contributed by atoms with Gasteiger partial charge in [-0.05, 0) is 25.5 Å². The lowest BCUT2D eigenvalue weighted by molar-refractivity contribution is 0.0914. The van der Waals surface area contributed by atoms with Crippen molar-refractivity contribution in [3.8, 4) is 0 Å². The van der Waals surface area contributed by atoms with E-state index >= 15 is 0 Å². The molecule has 1 unspecified atom stereocenters. The van der Waals surface area contributed by atoms with Crippen LogP contribution in [-0.2, 0) is 0 Å². The van der Waals surface area contributed by atoms with Gasteiger partial charge in [-0.2, -0.15) is 10.2 Å². The zero-order valence-corrected chi connectivity index (χ0v) is 11.5. The van der Waals surface area contributed by atoms with Crippen molar-refractivity contribution in [3.63, 3.8) is 0 Å². The molecule has 2 rings (SSSR count). The summed E-state index contributed by atoms with van der Waals surface area (Å²) in [6.07, 6.45) is 0. The third-order valence-corrected chi connectivity index (χ3v) is 3.04. The van der Waals surface area contributed by atoms with E-state index in [0.29, 0.717) is 17.0 Å². The Bertz CT molecular complexity index is 599. The Morgan fingerprint density at radius 3 is 2.60 bits per heavy atom. The summed E-state index contributed by atoms with van der Waals surface area (Å²) in [7, 11) is 0. The van der Waals surface area contributed by atoms with Crippen molar-refractivity contribution in [1.29, 1.82) is 0 Å². The van der Waals surface area contributed by atoms with Gasteiger partial charge in [0.25, 0.3) is 5.91 Å². The predicted octanol–water partition coefficient (Wildman–Crippen LogP) is 1.56.